The molecule has 12 heteroatoms. The molecule has 4 heterocycles. The van der Waals surface area contributed by atoms with Crippen molar-refractivity contribution in [3.05, 3.63) is 39.7 Å². The molecule has 5 rings (SSSR count). The number of nitrogens with zero attached hydrogens (tertiary/aromatic N) is 4. The lowest BCUT2D eigenvalue weighted by Gasteiger charge is -2.30. The Morgan fingerprint density at radius 1 is 1.14 bits per heavy atom. The molecule has 2 aromatic heterocycles. The van der Waals surface area contributed by atoms with Gasteiger partial charge in [0.05, 0.1) is 27.8 Å². The lowest BCUT2D eigenvalue weighted by molar-refractivity contribution is -0.121. The van der Waals surface area contributed by atoms with Gasteiger partial charge < -0.3 is 4.74 Å². The molecule has 2 aliphatic rings. The average molecular weight is 583 g/mol. The van der Waals surface area contributed by atoms with E-state index in [9.17, 15) is 13.2 Å². The van der Waals surface area contributed by atoms with Crippen LogP contribution in [0.3, 0.4) is 0 Å². The molecular formula is C25H31ClN4O4S3. The van der Waals surface area contributed by atoms with Gasteiger partial charge in [-0.15, -0.1) is 11.3 Å². The van der Waals surface area contributed by atoms with Crippen LogP contribution in [-0.2, 0) is 19.6 Å². The number of anilines is 1. The van der Waals surface area contributed by atoms with Gasteiger partial charge in [0.1, 0.15) is 10.3 Å². The summed E-state index contributed by atoms with van der Waals surface area (Å²) in [5.41, 5.74) is 3.07. The van der Waals surface area contributed by atoms with Gasteiger partial charge in [0.25, 0.3) is 10.0 Å². The van der Waals surface area contributed by atoms with E-state index in [0.717, 1.165) is 71.9 Å². The van der Waals surface area contributed by atoms with Gasteiger partial charge in [-0.1, -0.05) is 35.1 Å². The number of morpholine rings is 1. The van der Waals surface area contributed by atoms with Crippen LogP contribution in [0.1, 0.15) is 30.4 Å². The summed E-state index contributed by atoms with van der Waals surface area (Å²) in [4.78, 5) is 23.1. The Morgan fingerprint density at radius 3 is 2.59 bits per heavy atom. The van der Waals surface area contributed by atoms with E-state index in [2.05, 4.69) is 11.0 Å². The van der Waals surface area contributed by atoms with Crippen LogP contribution >= 0.6 is 34.3 Å². The zero-order valence-electron chi connectivity index (χ0n) is 21.0. The minimum atomic E-state index is -3.82. The second-order valence-electron chi connectivity index (χ2n) is 9.50. The van der Waals surface area contributed by atoms with Crippen molar-refractivity contribution >= 4 is 65.6 Å². The first-order chi connectivity index (χ1) is 17.8. The van der Waals surface area contributed by atoms with E-state index in [1.807, 2.05) is 19.9 Å². The predicted octanol–water partition coefficient (Wildman–Crippen LogP) is 4.54. The first-order valence-corrected chi connectivity index (χ1v) is 16.0. The Labute approximate surface area is 230 Å². The highest BCUT2D eigenvalue weighted by Crippen LogP contribution is 2.36. The third-order valence-corrected chi connectivity index (χ3v) is 11.8. The highest BCUT2D eigenvalue weighted by atomic mass is 35.5. The van der Waals surface area contributed by atoms with Gasteiger partial charge in [-0.2, -0.15) is 4.31 Å². The Kier molecular flexibility index (Phi) is 8.21. The first-order valence-electron chi connectivity index (χ1n) is 12.5. The van der Waals surface area contributed by atoms with E-state index < -0.39 is 16.1 Å². The Bertz CT molecular complexity index is 1340. The molecule has 0 N–H and O–H groups in total. The molecule has 8 nitrogen and oxygen atoms in total. The van der Waals surface area contributed by atoms with Crippen molar-refractivity contribution in [2.75, 3.05) is 50.8 Å². The van der Waals surface area contributed by atoms with Gasteiger partial charge in [0.2, 0.25) is 5.91 Å². The number of carbonyl (C=O) groups is 1. The molecule has 0 bridgehead atoms. The van der Waals surface area contributed by atoms with E-state index in [4.69, 9.17) is 21.3 Å². The Morgan fingerprint density at radius 2 is 1.89 bits per heavy atom. The minimum absolute atomic E-state index is 0.169. The maximum Gasteiger partial charge on any atom is 0.253 e. The summed E-state index contributed by atoms with van der Waals surface area (Å²) in [7, 11) is -3.82. The number of ether oxygens (including phenoxy) is 1. The molecule has 37 heavy (non-hydrogen) atoms. The van der Waals surface area contributed by atoms with Crippen LogP contribution in [0, 0.1) is 13.8 Å². The van der Waals surface area contributed by atoms with Crippen LogP contribution in [-0.4, -0.2) is 80.5 Å². The number of hydrogen-bond acceptors (Lipinski definition) is 8. The van der Waals surface area contributed by atoms with Crippen molar-refractivity contribution in [1.29, 1.82) is 0 Å². The molecule has 0 spiro atoms. The standard InChI is InChI=1S/C25H31ClN4O4S3/c1-17-6-7-18(2)23-22(17)27-25(36-23)29(11-4-10-28-13-15-34-16-14-28)24(31)19-5-3-12-30(19)37(32,33)21-9-8-20(26)35-21/h6-9,19H,3-5,10-16H2,1-2H3. The lowest BCUT2D eigenvalue weighted by Crippen LogP contribution is -2.48. The van der Waals surface area contributed by atoms with Gasteiger partial charge in [-0.05, 0) is 56.4 Å². The summed E-state index contributed by atoms with van der Waals surface area (Å²) in [6.45, 7) is 8.91. The number of amides is 1. The molecule has 1 amide bonds. The van der Waals surface area contributed by atoms with Crippen molar-refractivity contribution in [3.8, 4) is 0 Å². The van der Waals surface area contributed by atoms with E-state index in [0.29, 0.717) is 35.4 Å². The fourth-order valence-corrected chi connectivity index (χ4v) is 9.35. The van der Waals surface area contributed by atoms with Crippen LogP contribution < -0.4 is 4.90 Å². The highest BCUT2D eigenvalue weighted by molar-refractivity contribution is 7.91. The Hall–Kier alpha value is -1.60. The molecule has 1 atom stereocenters. The largest absolute Gasteiger partial charge is 0.379 e. The molecule has 3 aromatic rings. The number of hydrogen-bond donors (Lipinski definition) is 0. The number of aryl methyl sites for hydroxylation is 2. The monoisotopic (exact) mass is 582 g/mol. The third kappa shape index (κ3) is 5.59. The molecule has 0 radical (unpaired) electrons. The van der Waals surface area contributed by atoms with Crippen LogP contribution in [0.4, 0.5) is 5.13 Å². The summed E-state index contributed by atoms with van der Waals surface area (Å²) < 4.78 is 35.3. The summed E-state index contributed by atoms with van der Waals surface area (Å²) in [5, 5.41) is 0.628. The van der Waals surface area contributed by atoms with Gasteiger partial charge in [-0.25, -0.2) is 13.4 Å². The number of sulfonamides is 1. The number of fused-ring (bicyclic) bond motifs is 1. The molecule has 2 saturated heterocycles. The maximum absolute atomic E-state index is 14.1. The molecule has 200 valence electrons. The average Bonchev–Trinajstić information content (AvgIpc) is 3.64. The molecular weight excluding hydrogens is 552 g/mol. The van der Waals surface area contributed by atoms with Crippen molar-refractivity contribution in [2.45, 2.75) is 43.4 Å². The molecule has 0 aliphatic carbocycles. The fraction of sp³-hybridized carbons (Fsp3) is 0.520. The van der Waals surface area contributed by atoms with E-state index in [-0.39, 0.29) is 10.1 Å². The van der Waals surface area contributed by atoms with E-state index in [1.54, 1.807) is 11.0 Å². The number of thiophene rings is 1. The third-order valence-electron chi connectivity index (χ3n) is 6.99. The van der Waals surface area contributed by atoms with Crippen molar-refractivity contribution in [3.63, 3.8) is 0 Å². The molecule has 0 saturated carbocycles. The molecule has 1 aromatic carbocycles. The predicted molar refractivity (Wildman–Crippen MR) is 150 cm³/mol. The van der Waals surface area contributed by atoms with E-state index >= 15 is 0 Å². The zero-order valence-corrected chi connectivity index (χ0v) is 24.2. The number of carbonyl (C=O) groups excluding carboxylic acids is 1. The lowest BCUT2D eigenvalue weighted by atomic mass is 10.1. The summed E-state index contributed by atoms with van der Waals surface area (Å²) >= 11 is 8.56. The van der Waals surface area contributed by atoms with Gasteiger partial charge in [-0.3, -0.25) is 14.6 Å². The summed E-state index contributed by atoms with van der Waals surface area (Å²) in [6.07, 6.45) is 1.88. The summed E-state index contributed by atoms with van der Waals surface area (Å²) in [6, 6.07) is 6.45. The van der Waals surface area contributed by atoms with E-state index in [1.165, 1.54) is 21.7 Å². The molecule has 2 aliphatic heterocycles. The van der Waals surface area contributed by atoms with Gasteiger partial charge in [0, 0.05) is 32.7 Å². The maximum atomic E-state index is 14.1. The van der Waals surface area contributed by atoms with Crippen LogP contribution in [0.2, 0.25) is 4.34 Å². The number of aromatic nitrogens is 1. The second-order valence-corrected chi connectivity index (χ2v) is 14.3. The highest BCUT2D eigenvalue weighted by Gasteiger charge is 2.42. The quantitative estimate of drug-likeness (QED) is 0.388. The molecule has 1 unspecified atom stereocenters. The first kappa shape index (κ1) is 27.0. The van der Waals surface area contributed by atoms with Crippen LogP contribution in [0.5, 0.6) is 0 Å². The number of halogens is 1. The van der Waals surface area contributed by atoms with Crippen molar-refractivity contribution < 1.29 is 17.9 Å². The SMILES string of the molecule is Cc1ccc(C)c2sc(N(CCCN3CCOCC3)C(=O)C3CCCN3S(=O)(=O)c3ccc(Cl)s3)nc12. The second kappa shape index (κ2) is 11.3. The number of thiazole rings is 1. The minimum Gasteiger partial charge on any atom is -0.379 e. The van der Waals surface area contributed by atoms with Crippen LogP contribution in [0.25, 0.3) is 10.2 Å². The zero-order chi connectivity index (χ0) is 26.2. The van der Waals surface area contributed by atoms with Gasteiger partial charge in [0.15, 0.2) is 5.13 Å². The Balaban J connectivity index is 1.44. The number of rotatable bonds is 8. The van der Waals surface area contributed by atoms with Gasteiger partial charge >= 0.3 is 0 Å². The topological polar surface area (TPSA) is 83.0 Å². The normalized spacial score (nSPS) is 19.6. The van der Waals surface area contributed by atoms with Crippen LogP contribution in [0.15, 0.2) is 28.5 Å². The van der Waals surface area contributed by atoms with Crippen molar-refractivity contribution in [1.82, 2.24) is 14.2 Å². The smallest absolute Gasteiger partial charge is 0.253 e. The summed E-state index contributed by atoms with van der Waals surface area (Å²) in [5.74, 6) is -0.208. The fourth-order valence-electron chi connectivity index (χ4n) is 4.95. The number of benzene rings is 1. The molecule has 2 fully saturated rings. The van der Waals surface area contributed by atoms with Crippen molar-refractivity contribution in [2.24, 2.45) is 0 Å².